The molecule has 1 saturated carbocycles. The van der Waals surface area contributed by atoms with Gasteiger partial charge in [-0.1, -0.05) is 25.7 Å². The highest BCUT2D eigenvalue weighted by atomic mass is 16.2. The molecule has 0 aromatic carbocycles. The van der Waals surface area contributed by atoms with Gasteiger partial charge in [-0.3, -0.25) is 9.69 Å². The van der Waals surface area contributed by atoms with E-state index in [9.17, 15) is 4.79 Å². The van der Waals surface area contributed by atoms with Crippen LogP contribution in [0.25, 0.3) is 0 Å². The van der Waals surface area contributed by atoms with Gasteiger partial charge in [-0.2, -0.15) is 0 Å². The van der Waals surface area contributed by atoms with Crippen LogP contribution < -0.4 is 5.73 Å². The summed E-state index contributed by atoms with van der Waals surface area (Å²) in [5.41, 5.74) is 5.95. The molecule has 0 radical (unpaired) electrons. The van der Waals surface area contributed by atoms with Crippen molar-refractivity contribution in [2.24, 2.45) is 11.7 Å². The first-order chi connectivity index (χ1) is 10.1. The van der Waals surface area contributed by atoms with Crippen molar-refractivity contribution in [2.75, 3.05) is 26.7 Å². The molecule has 122 valence electrons. The molecule has 1 heterocycles. The minimum atomic E-state index is -0.0137. The first-order valence-electron chi connectivity index (χ1n) is 8.86. The SMILES string of the molecule is CC(C(=O)N1CCCCCC1)N(C)C1CCCCC1CN. The summed E-state index contributed by atoms with van der Waals surface area (Å²) >= 11 is 0. The average molecular weight is 295 g/mol. The number of hydrogen-bond donors (Lipinski definition) is 1. The Morgan fingerprint density at radius 1 is 1.14 bits per heavy atom. The number of carbonyl (C=O) groups excluding carboxylic acids is 1. The minimum Gasteiger partial charge on any atom is -0.341 e. The van der Waals surface area contributed by atoms with Gasteiger partial charge in [0.25, 0.3) is 0 Å². The third kappa shape index (κ3) is 4.19. The first-order valence-corrected chi connectivity index (χ1v) is 8.86. The number of rotatable bonds is 4. The summed E-state index contributed by atoms with van der Waals surface area (Å²) in [6, 6.07) is 0.468. The first kappa shape index (κ1) is 16.8. The van der Waals surface area contributed by atoms with Crippen LogP contribution in [0.5, 0.6) is 0 Å². The molecular weight excluding hydrogens is 262 g/mol. The molecule has 0 bridgehead atoms. The van der Waals surface area contributed by atoms with E-state index < -0.39 is 0 Å². The van der Waals surface area contributed by atoms with Crippen LogP contribution >= 0.6 is 0 Å². The Balaban J connectivity index is 1.96. The molecule has 1 aliphatic carbocycles. The molecule has 1 amide bonds. The van der Waals surface area contributed by atoms with Crippen LogP contribution in [0.2, 0.25) is 0 Å². The van der Waals surface area contributed by atoms with Crippen LogP contribution in [0.15, 0.2) is 0 Å². The van der Waals surface area contributed by atoms with E-state index >= 15 is 0 Å². The monoisotopic (exact) mass is 295 g/mol. The third-order valence-electron chi connectivity index (χ3n) is 5.58. The topological polar surface area (TPSA) is 49.6 Å². The van der Waals surface area contributed by atoms with Crippen molar-refractivity contribution in [1.82, 2.24) is 9.80 Å². The number of amides is 1. The van der Waals surface area contributed by atoms with Crippen molar-refractivity contribution in [1.29, 1.82) is 0 Å². The largest absolute Gasteiger partial charge is 0.341 e. The van der Waals surface area contributed by atoms with Crippen molar-refractivity contribution in [3.8, 4) is 0 Å². The number of hydrogen-bond acceptors (Lipinski definition) is 3. The third-order valence-corrected chi connectivity index (χ3v) is 5.58. The summed E-state index contributed by atoms with van der Waals surface area (Å²) in [5, 5.41) is 0. The lowest BCUT2D eigenvalue weighted by molar-refractivity contribution is -0.137. The molecule has 4 nitrogen and oxygen atoms in total. The van der Waals surface area contributed by atoms with E-state index in [-0.39, 0.29) is 6.04 Å². The highest BCUT2D eigenvalue weighted by molar-refractivity contribution is 5.81. The summed E-state index contributed by atoms with van der Waals surface area (Å²) in [5.74, 6) is 0.879. The molecule has 2 N–H and O–H groups in total. The molecule has 3 unspecified atom stereocenters. The van der Waals surface area contributed by atoms with Crippen molar-refractivity contribution >= 4 is 5.91 Å². The zero-order valence-corrected chi connectivity index (χ0v) is 13.9. The highest BCUT2D eigenvalue weighted by Crippen LogP contribution is 2.28. The van der Waals surface area contributed by atoms with E-state index in [4.69, 9.17) is 5.73 Å². The van der Waals surface area contributed by atoms with E-state index in [0.717, 1.165) is 32.5 Å². The maximum atomic E-state index is 12.8. The lowest BCUT2D eigenvalue weighted by Gasteiger charge is -2.41. The van der Waals surface area contributed by atoms with E-state index in [0.29, 0.717) is 17.9 Å². The number of nitrogens with two attached hydrogens (primary N) is 1. The second-order valence-electron chi connectivity index (χ2n) is 6.93. The Labute approximate surface area is 130 Å². The molecule has 0 aromatic heterocycles. The quantitative estimate of drug-likeness (QED) is 0.865. The predicted molar refractivity (Wildman–Crippen MR) is 87.1 cm³/mol. The molecule has 2 rings (SSSR count). The van der Waals surface area contributed by atoms with Gasteiger partial charge in [0.15, 0.2) is 0 Å². The fourth-order valence-corrected chi connectivity index (χ4v) is 4.02. The summed E-state index contributed by atoms with van der Waals surface area (Å²) in [6.07, 6.45) is 9.84. The van der Waals surface area contributed by atoms with Crippen molar-refractivity contribution in [3.63, 3.8) is 0 Å². The van der Waals surface area contributed by atoms with Crippen molar-refractivity contribution in [3.05, 3.63) is 0 Å². The second kappa shape index (κ2) is 8.14. The molecule has 0 spiro atoms. The Morgan fingerprint density at radius 2 is 1.76 bits per heavy atom. The van der Waals surface area contributed by atoms with Crippen molar-refractivity contribution < 1.29 is 4.79 Å². The Kier molecular flexibility index (Phi) is 6.49. The molecule has 0 aromatic rings. The molecule has 2 fully saturated rings. The van der Waals surface area contributed by atoms with Gasteiger partial charge < -0.3 is 10.6 Å². The fraction of sp³-hybridized carbons (Fsp3) is 0.941. The standard InChI is InChI=1S/C17H33N3O/c1-14(17(21)20-11-7-3-4-8-12-20)19(2)16-10-6-5-9-15(16)13-18/h14-16H,3-13,18H2,1-2H3. The highest BCUT2D eigenvalue weighted by Gasteiger charge is 2.33. The Morgan fingerprint density at radius 3 is 2.38 bits per heavy atom. The second-order valence-corrected chi connectivity index (χ2v) is 6.93. The van der Waals surface area contributed by atoms with E-state index in [1.54, 1.807) is 0 Å². The van der Waals surface area contributed by atoms with Gasteiger partial charge in [0.2, 0.25) is 5.91 Å². The zero-order chi connectivity index (χ0) is 15.2. The van der Waals surface area contributed by atoms with E-state index in [2.05, 4.69) is 23.8 Å². The van der Waals surface area contributed by atoms with Gasteiger partial charge in [0.1, 0.15) is 0 Å². The molecule has 1 saturated heterocycles. The van der Waals surface area contributed by atoms with Crippen LogP contribution in [0, 0.1) is 5.92 Å². The molecule has 21 heavy (non-hydrogen) atoms. The molecule has 2 aliphatic rings. The number of likely N-dealkylation sites (N-methyl/N-ethyl adjacent to an activating group) is 1. The average Bonchev–Trinajstić information content (AvgIpc) is 2.82. The van der Waals surface area contributed by atoms with Gasteiger partial charge in [-0.25, -0.2) is 0 Å². The molecule has 3 atom stereocenters. The molecule has 4 heteroatoms. The van der Waals surface area contributed by atoms with Gasteiger partial charge in [0, 0.05) is 19.1 Å². The molecular formula is C17H33N3O. The fourth-order valence-electron chi connectivity index (χ4n) is 4.02. The van der Waals surface area contributed by atoms with Crippen LogP contribution in [-0.2, 0) is 4.79 Å². The van der Waals surface area contributed by atoms with Crippen LogP contribution in [0.1, 0.15) is 58.3 Å². The maximum Gasteiger partial charge on any atom is 0.239 e. The number of carbonyl (C=O) groups is 1. The van der Waals surface area contributed by atoms with E-state index in [1.165, 1.54) is 38.5 Å². The van der Waals surface area contributed by atoms with Crippen LogP contribution in [0.3, 0.4) is 0 Å². The summed E-state index contributed by atoms with van der Waals surface area (Å²) < 4.78 is 0. The Hall–Kier alpha value is -0.610. The lowest BCUT2D eigenvalue weighted by Crippen LogP contribution is -2.53. The maximum absolute atomic E-state index is 12.8. The van der Waals surface area contributed by atoms with Crippen LogP contribution in [-0.4, -0.2) is 54.5 Å². The normalized spacial score (nSPS) is 29.2. The predicted octanol–water partition coefficient (Wildman–Crippen LogP) is 2.23. The smallest absolute Gasteiger partial charge is 0.239 e. The minimum absolute atomic E-state index is 0.0137. The Bertz CT molecular complexity index is 326. The molecule has 1 aliphatic heterocycles. The van der Waals surface area contributed by atoms with Gasteiger partial charge in [-0.05, 0) is 52.1 Å². The van der Waals surface area contributed by atoms with Gasteiger partial charge in [0.05, 0.1) is 6.04 Å². The number of likely N-dealkylation sites (tertiary alicyclic amines) is 1. The van der Waals surface area contributed by atoms with Gasteiger partial charge >= 0.3 is 0 Å². The van der Waals surface area contributed by atoms with Crippen LogP contribution in [0.4, 0.5) is 0 Å². The zero-order valence-electron chi connectivity index (χ0n) is 13.9. The number of nitrogens with zero attached hydrogens (tertiary/aromatic N) is 2. The summed E-state index contributed by atoms with van der Waals surface area (Å²) in [4.78, 5) is 17.2. The summed E-state index contributed by atoms with van der Waals surface area (Å²) in [6.45, 7) is 4.72. The van der Waals surface area contributed by atoms with Gasteiger partial charge in [-0.15, -0.1) is 0 Å². The lowest BCUT2D eigenvalue weighted by atomic mass is 9.83. The van der Waals surface area contributed by atoms with Crippen molar-refractivity contribution in [2.45, 2.75) is 70.4 Å². The van der Waals surface area contributed by atoms with E-state index in [1.807, 2.05) is 0 Å². The summed E-state index contributed by atoms with van der Waals surface area (Å²) in [7, 11) is 2.12.